The molecule has 3 atom stereocenters. The summed E-state index contributed by atoms with van der Waals surface area (Å²) >= 11 is 5.93. The van der Waals surface area contributed by atoms with Gasteiger partial charge in [0.05, 0.1) is 30.5 Å². The van der Waals surface area contributed by atoms with Gasteiger partial charge in [-0.15, -0.1) is 0 Å². The van der Waals surface area contributed by atoms with Crippen molar-refractivity contribution in [3.63, 3.8) is 0 Å². The summed E-state index contributed by atoms with van der Waals surface area (Å²) in [4.78, 5) is 6.68. The molecule has 0 spiro atoms. The number of nitrogens with zero attached hydrogens (tertiary/aromatic N) is 2. The number of likely N-dealkylation sites (tertiary alicyclic amines) is 1. The lowest BCUT2D eigenvalue weighted by molar-refractivity contribution is 0.0691. The normalized spacial score (nSPS) is 32.9. The van der Waals surface area contributed by atoms with E-state index in [2.05, 4.69) is 9.88 Å². The first-order valence-electron chi connectivity index (χ1n) is 7.88. The van der Waals surface area contributed by atoms with Crippen LogP contribution in [0, 0.1) is 11.8 Å². The highest BCUT2D eigenvalue weighted by molar-refractivity contribution is 6.30. The number of fused-ring (bicyclic) bond motifs is 1. The third kappa shape index (κ3) is 2.77. The molecular weight excluding hydrogens is 288 g/mol. The lowest BCUT2D eigenvalue weighted by Gasteiger charge is -2.35. The van der Waals surface area contributed by atoms with Crippen molar-refractivity contribution in [2.45, 2.75) is 31.4 Å². The van der Waals surface area contributed by atoms with Crippen LogP contribution in [0.1, 0.15) is 19.3 Å². The van der Waals surface area contributed by atoms with Crippen LogP contribution in [0.2, 0.25) is 5.02 Å². The monoisotopic (exact) mass is 308 g/mol. The Morgan fingerprint density at radius 2 is 2.24 bits per heavy atom. The molecule has 3 fully saturated rings. The summed E-state index contributed by atoms with van der Waals surface area (Å²) in [6.07, 6.45) is 7.89. The van der Waals surface area contributed by atoms with E-state index in [9.17, 15) is 0 Å². The lowest BCUT2D eigenvalue weighted by atomic mass is 9.91. The van der Waals surface area contributed by atoms with Crippen molar-refractivity contribution in [3.8, 4) is 5.75 Å². The maximum atomic E-state index is 5.99. The van der Waals surface area contributed by atoms with E-state index in [4.69, 9.17) is 21.1 Å². The summed E-state index contributed by atoms with van der Waals surface area (Å²) in [6.45, 7) is 3.81. The van der Waals surface area contributed by atoms with Gasteiger partial charge in [-0.3, -0.25) is 9.88 Å². The number of halogens is 1. The van der Waals surface area contributed by atoms with E-state index in [0.29, 0.717) is 29.6 Å². The van der Waals surface area contributed by atoms with Crippen molar-refractivity contribution in [1.82, 2.24) is 9.88 Å². The second-order valence-corrected chi connectivity index (χ2v) is 6.92. The quantitative estimate of drug-likeness (QED) is 0.856. The maximum Gasteiger partial charge on any atom is 0.139 e. The van der Waals surface area contributed by atoms with Gasteiger partial charge in [-0.1, -0.05) is 18.0 Å². The summed E-state index contributed by atoms with van der Waals surface area (Å²) in [5.41, 5.74) is 0. The average Bonchev–Trinajstić information content (AvgIpc) is 2.95. The van der Waals surface area contributed by atoms with Crippen LogP contribution in [0.5, 0.6) is 5.75 Å². The second kappa shape index (κ2) is 5.75. The molecule has 0 amide bonds. The summed E-state index contributed by atoms with van der Waals surface area (Å²) in [5, 5.41) is 0.616. The predicted octanol–water partition coefficient (Wildman–Crippen LogP) is 2.61. The summed E-state index contributed by atoms with van der Waals surface area (Å²) < 4.78 is 11.9. The van der Waals surface area contributed by atoms with E-state index >= 15 is 0 Å². The lowest BCUT2D eigenvalue weighted by Crippen LogP contribution is -2.40. The van der Waals surface area contributed by atoms with E-state index in [1.54, 1.807) is 12.4 Å². The van der Waals surface area contributed by atoms with Crippen molar-refractivity contribution in [3.05, 3.63) is 23.5 Å². The summed E-state index contributed by atoms with van der Waals surface area (Å²) in [5.74, 6) is 1.86. The highest BCUT2D eigenvalue weighted by Gasteiger charge is 2.46. The fraction of sp³-hybridized carbons (Fsp3) is 0.688. The Labute approximate surface area is 130 Å². The van der Waals surface area contributed by atoms with E-state index < -0.39 is 0 Å². The average molecular weight is 309 g/mol. The molecule has 4 rings (SSSR count). The third-order valence-electron chi connectivity index (χ3n) is 5.20. The molecule has 21 heavy (non-hydrogen) atoms. The smallest absolute Gasteiger partial charge is 0.139 e. The number of hydrogen-bond acceptors (Lipinski definition) is 4. The van der Waals surface area contributed by atoms with Gasteiger partial charge in [-0.2, -0.15) is 0 Å². The Kier molecular flexibility index (Phi) is 3.78. The molecule has 0 bridgehead atoms. The SMILES string of the molecule is Clc1cncc(OC[C@@H]2CO[C@H]3CN(C4CCC4)C[C@@H]23)c1. The van der Waals surface area contributed by atoms with Crippen molar-refractivity contribution < 1.29 is 9.47 Å². The molecular formula is C16H21ClN2O2. The minimum Gasteiger partial charge on any atom is -0.492 e. The molecule has 5 heteroatoms. The van der Waals surface area contributed by atoms with E-state index in [-0.39, 0.29) is 0 Å². The van der Waals surface area contributed by atoms with Crippen LogP contribution in [0.4, 0.5) is 0 Å². The zero-order valence-corrected chi connectivity index (χ0v) is 12.8. The molecule has 0 aromatic carbocycles. The number of pyridine rings is 1. The Balaban J connectivity index is 1.34. The van der Waals surface area contributed by atoms with Gasteiger partial charge >= 0.3 is 0 Å². The van der Waals surface area contributed by atoms with E-state index in [1.165, 1.54) is 25.8 Å². The Hall–Kier alpha value is -0.840. The number of hydrogen-bond donors (Lipinski definition) is 0. The molecule has 1 aromatic heterocycles. The molecule has 3 heterocycles. The molecule has 4 nitrogen and oxygen atoms in total. The van der Waals surface area contributed by atoms with Gasteiger partial charge in [0.25, 0.3) is 0 Å². The maximum absolute atomic E-state index is 5.99. The zero-order valence-electron chi connectivity index (χ0n) is 12.1. The Bertz CT molecular complexity index is 509. The highest BCUT2D eigenvalue weighted by atomic mass is 35.5. The van der Waals surface area contributed by atoms with Gasteiger partial charge in [-0.25, -0.2) is 0 Å². The highest BCUT2D eigenvalue weighted by Crippen LogP contribution is 2.38. The fourth-order valence-electron chi connectivity index (χ4n) is 3.73. The number of aromatic nitrogens is 1. The van der Waals surface area contributed by atoms with Crippen LogP contribution in [-0.4, -0.2) is 48.3 Å². The topological polar surface area (TPSA) is 34.6 Å². The van der Waals surface area contributed by atoms with Crippen molar-refractivity contribution in [1.29, 1.82) is 0 Å². The first-order valence-corrected chi connectivity index (χ1v) is 8.26. The van der Waals surface area contributed by atoms with E-state index in [0.717, 1.165) is 24.9 Å². The fourth-order valence-corrected chi connectivity index (χ4v) is 3.89. The van der Waals surface area contributed by atoms with Gasteiger partial charge < -0.3 is 9.47 Å². The van der Waals surface area contributed by atoms with Crippen molar-refractivity contribution in [2.75, 3.05) is 26.3 Å². The van der Waals surface area contributed by atoms with Gasteiger partial charge in [0.1, 0.15) is 5.75 Å². The van der Waals surface area contributed by atoms with Crippen LogP contribution in [0.3, 0.4) is 0 Å². The van der Waals surface area contributed by atoms with Gasteiger partial charge in [0.2, 0.25) is 0 Å². The Morgan fingerprint density at radius 3 is 3.00 bits per heavy atom. The van der Waals surface area contributed by atoms with Crippen LogP contribution in [0.25, 0.3) is 0 Å². The minimum absolute atomic E-state index is 0.414. The number of rotatable bonds is 4. The minimum atomic E-state index is 0.414. The zero-order chi connectivity index (χ0) is 14.2. The van der Waals surface area contributed by atoms with Crippen molar-refractivity contribution in [2.24, 2.45) is 11.8 Å². The molecule has 0 radical (unpaired) electrons. The van der Waals surface area contributed by atoms with Crippen LogP contribution in [-0.2, 0) is 4.74 Å². The third-order valence-corrected chi connectivity index (χ3v) is 5.41. The van der Waals surface area contributed by atoms with E-state index in [1.807, 2.05) is 6.07 Å². The summed E-state index contributed by atoms with van der Waals surface area (Å²) in [7, 11) is 0. The molecule has 1 aromatic rings. The molecule has 0 unspecified atom stereocenters. The van der Waals surface area contributed by atoms with Crippen LogP contribution < -0.4 is 4.74 Å². The molecule has 114 valence electrons. The number of ether oxygens (including phenoxy) is 2. The summed E-state index contributed by atoms with van der Waals surface area (Å²) in [6, 6.07) is 2.63. The molecule has 3 aliphatic rings. The second-order valence-electron chi connectivity index (χ2n) is 6.48. The standard InChI is InChI=1S/C16H21ClN2O2/c17-12-4-14(6-18-5-12)20-9-11-10-21-16-8-19(7-15(11)16)13-2-1-3-13/h4-6,11,13,15-16H,1-3,7-10H2/t11-,15+,16+/m1/s1. The van der Waals surface area contributed by atoms with Gasteiger partial charge in [-0.05, 0) is 12.8 Å². The first kappa shape index (κ1) is 13.8. The molecule has 2 saturated heterocycles. The first-order chi connectivity index (χ1) is 10.3. The van der Waals surface area contributed by atoms with Gasteiger partial charge in [0.15, 0.2) is 0 Å². The molecule has 1 saturated carbocycles. The predicted molar refractivity (Wildman–Crippen MR) is 80.7 cm³/mol. The van der Waals surface area contributed by atoms with Crippen molar-refractivity contribution >= 4 is 11.6 Å². The largest absolute Gasteiger partial charge is 0.492 e. The van der Waals surface area contributed by atoms with Crippen LogP contribution in [0.15, 0.2) is 18.5 Å². The molecule has 1 aliphatic carbocycles. The Morgan fingerprint density at radius 1 is 1.33 bits per heavy atom. The van der Waals surface area contributed by atoms with Crippen LogP contribution >= 0.6 is 11.6 Å². The van der Waals surface area contributed by atoms with Gasteiger partial charge in [0, 0.05) is 43.2 Å². The molecule has 2 aliphatic heterocycles. The molecule has 0 N–H and O–H groups in total.